The predicted molar refractivity (Wildman–Crippen MR) is 76.8 cm³/mol. The Bertz CT molecular complexity index is 308. The fourth-order valence-corrected chi connectivity index (χ4v) is 4.98. The van der Waals surface area contributed by atoms with E-state index in [1.165, 1.54) is 0 Å². The summed E-state index contributed by atoms with van der Waals surface area (Å²) >= 11 is 5.78. The van der Waals surface area contributed by atoms with Gasteiger partial charge in [-0.25, -0.2) is 8.42 Å². The van der Waals surface area contributed by atoms with Crippen molar-refractivity contribution < 1.29 is 13.2 Å². The summed E-state index contributed by atoms with van der Waals surface area (Å²) in [6.07, 6.45) is 0. The summed E-state index contributed by atoms with van der Waals surface area (Å²) in [5.74, 6) is 2.60. The quantitative estimate of drug-likeness (QED) is 0.555. The molecule has 0 amide bonds. The molecule has 4 nitrogen and oxygen atoms in total. The average Bonchev–Trinajstić information content (AvgIpc) is 2.35. The summed E-state index contributed by atoms with van der Waals surface area (Å²) in [5, 5.41) is -0.328. The minimum absolute atomic E-state index is 0.215. The molecule has 1 aliphatic heterocycles. The topological polar surface area (TPSA) is 46.6 Å². The lowest BCUT2D eigenvalue weighted by molar-refractivity contribution is 0.114. The van der Waals surface area contributed by atoms with Gasteiger partial charge in [0.2, 0.25) is 0 Å². The molecule has 102 valence electrons. The lowest BCUT2D eigenvalue weighted by atomic mass is 10.4. The molecule has 0 aromatic heterocycles. The zero-order chi connectivity index (χ0) is 12.7. The van der Waals surface area contributed by atoms with Crippen molar-refractivity contribution in [1.82, 2.24) is 4.90 Å². The van der Waals surface area contributed by atoms with Crippen LogP contribution < -0.4 is 0 Å². The number of hydrogen-bond acceptors (Lipinski definition) is 6. The Balaban J connectivity index is 2.49. The van der Waals surface area contributed by atoms with Crippen LogP contribution in [0.2, 0.25) is 0 Å². The van der Waals surface area contributed by atoms with Crippen LogP contribution in [-0.4, -0.2) is 68.0 Å². The minimum Gasteiger partial charge on any atom is -0.379 e. The molecule has 0 spiro atoms. The number of nitrogens with zero attached hydrogens (tertiary/aromatic N) is 1. The summed E-state index contributed by atoms with van der Waals surface area (Å²) in [6.45, 7) is 4.44. The van der Waals surface area contributed by atoms with Gasteiger partial charge in [-0.1, -0.05) is 6.92 Å². The lowest BCUT2D eigenvalue weighted by Crippen LogP contribution is -2.48. The smallest absolute Gasteiger partial charge is 0.166 e. The Morgan fingerprint density at radius 2 is 2.24 bits per heavy atom. The number of ether oxygens (including phenoxy) is 1. The zero-order valence-electron chi connectivity index (χ0n) is 10.2. The van der Waals surface area contributed by atoms with Crippen LogP contribution in [0.25, 0.3) is 0 Å². The highest BCUT2D eigenvalue weighted by molar-refractivity contribution is 8.01. The van der Waals surface area contributed by atoms with Gasteiger partial charge in [0, 0.05) is 36.1 Å². The van der Waals surface area contributed by atoms with Crippen LogP contribution in [0.15, 0.2) is 0 Å². The monoisotopic (exact) mass is 299 g/mol. The normalized spacial score (nSPS) is 22.8. The third-order valence-electron chi connectivity index (χ3n) is 2.77. The molecular weight excluding hydrogens is 278 g/mol. The summed E-state index contributed by atoms with van der Waals surface area (Å²) in [5.41, 5.74) is 0. The maximum absolute atomic E-state index is 11.9. The van der Waals surface area contributed by atoms with E-state index in [-0.39, 0.29) is 11.1 Å². The molecule has 0 radical (unpaired) electrons. The van der Waals surface area contributed by atoms with Gasteiger partial charge in [0.1, 0.15) is 5.37 Å². The Morgan fingerprint density at radius 3 is 2.88 bits per heavy atom. The molecule has 0 aromatic carbocycles. The molecule has 1 rings (SSSR count). The summed E-state index contributed by atoms with van der Waals surface area (Å²) < 4.78 is 29.3. The molecule has 0 aliphatic carbocycles. The van der Waals surface area contributed by atoms with Crippen LogP contribution in [0.4, 0.5) is 0 Å². The van der Waals surface area contributed by atoms with Gasteiger partial charge in [-0.3, -0.25) is 4.90 Å². The molecule has 1 heterocycles. The van der Waals surface area contributed by atoms with Gasteiger partial charge in [-0.05, 0) is 0 Å². The molecule has 0 N–H and O–H groups in total. The standard InChI is InChI=1S/C10H21NO3S3/c1-2-17(12,13)10-9-16-8-4-11(10)3-5-14-6-7-15/h10,15H,2-9H2,1H3. The van der Waals surface area contributed by atoms with Gasteiger partial charge in [-0.15, -0.1) is 0 Å². The van der Waals surface area contributed by atoms with Crippen LogP contribution in [0.1, 0.15) is 6.92 Å². The first-order chi connectivity index (χ1) is 8.11. The highest BCUT2D eigenvalue weighted by Gasteiger charge is 2.32. The molecule has 0 aromatic rings. The van der Waals surface area contributed by atoms with Gasteiger partial charge < -0.3 is 4.74 Å². The lowest BCUT2D eigenvalue weighted by Gasteiger charge is -2.34. The van der Waals surface area contributed by atoms with Crippen molar-refractivity contribution in [1.29, 1.82) is 0 Å². The second-order valence-corrected chi connectivity index (χ2v) is 7.90. The molecule has 0 saturated carbocycles. The first kappa shape index (κ1) is 15.6. The van der Waals surface area contributed by atoms with E-state index in [0.29, 0.717) is 31.3 Å². The highest BCUT2D eigenvalue weighted by atomic mass is 32.2. The Labute approximate surface area is 114 Å². The van der Waals surface area contributed by atoms with Crippen LogP contribution in [0.3, 0.4) is 0 Å². The number of thioether (sulfide) groups is 1. The third-order valence-corrected chi connectivity index (χ3v) is 6.28. The van der Waals surface area contributed by atoms with Crippen LogP contribution in [0, 0.1) is 0 Å². The van der Waals surface area contributed by atoms with Crippen molar-refractivity contribution in [2.24, 2.45) is 0 Å². The van der Waals surface area contributed by atoms with E-state index < -0.39 is 9.84 Å². The first-order valence-corrected chi connectivity index (χ1v) is 9.34. The van der Waals surface area contributed by atoms with Crippen molar-refractivity contribution in [3.05, 3.63) is 0 Å². The Kier molecular flexibility index (Phi) is 7.25. The number of sulfone groups is 1. The molecule has 1 atom stereocenters. The van der Waals surface area contributed by atoms with E-state index in [1.807, 2.05) is 4.90 Å². The SMILES string of the molecule is CCS(=O)(=O)C1CSCCN1CCOCCS. The first-order valence-electron chi connectivity index (χ1n) is 5.83. The molecular formula is C10H21NO3S3. The molecule has 1 fully saturated rings. The van der Waals surface area contributed by atoms with Crippen molar-refractivity contribution >= 4 is 34.2 Å². The van der Waals surface area contributed by atoms with E-state index in [1.54, 1.807) is 18.7 Å². The fourth-order valence-electron chi connectivity index (χ4n) is 1.74. The molecule has 7 heteroatoms. The fraction of sp³-hybridized carbons (Fsp3) is 1.00. The number of thiol groups is 1. The summed E-state index contributed by atoms with van der Waals surface area (Å²) in [4.78, 5) is 2.04. The maximum atomic E-state index is 11.9. The van der Waals surface area contributed by atoms with Gasteiger partial charge in [0.25, 0.3) is 0 Å². The predicted octanol–water partition coefficient (Wildman–Crippen LogP) is 0.742. The van der Waals surface area contributed by atoms with E-state index in [2.05, 4.69) is 12.6 Å². The second-order valence-electron chi connectivity index (χ2n) is 3.85. The largest absolute Gasteiger partial charge is 0.379 e. The molecule has 1 aliphatic rings. The van der Waals surface area contributed by atoms with E-state index >= 15 is 0 Å². The molecule has 1 unspecified atom stereocenters. The zero-order valence-corrected chi connectivity index (χ0v) is 12.7. The van der Waals surface area contributed by atoms with Crippen molar-refractivity contribution in [2.75, 3.05) is 49.3 Å². The Hall–Kier alpha value is 0.570. The number of rotatable bonds is 7. The average molecular weight is 299 g/mol. The maximum Gasteiger partial charge on any atom is 0.166 e. The van der Waals surface area contributed by atoms with Gasteiger partial charge in [0.15, 0.2) is 9.84 Å². The number of hydrogen-bond donors (Lipinski definition) is 1. The van der Waals surface area contributed by atoms with Crippen molar-refractivity contribution in [2.45, 2.75) is 12.3 Å². The second kappa shape index (κ2) is 7.89. The van der Waals surface area contributed by atoms with E-state index in [9.17, 15) is 8.42 Å². The van der Waals surface area contributed by atoms with E-state index in [0.717, 1.165) is 12.3 Å². The van der Waals surface area contributed by atoms with Crippen molar-refractivity contribution in [3.63, 3.8) is 0 Å². The van der Waals surface area contributed by atoms with Crippen LogP contribution in [-0.2, 0) is 14.6 Å². The third kappa shape index (κ3) is 4.98. The summed E-state index contributed by atoms with van der Waals surface area (Å²) in [6, 6.07) is 0. The molecule has 0 bridgehead atoms. The van der Waals surface area contributed by atoms with Crippen molar-refractivity contribution in [3.8, 4) is 0 Å². The Morgan fingerprint density at radius 1 is 1.47 bits per heavy atom. The van der Waals surface area contributed by atoms with Crippen LogP contribution >= 0.6 is 24.4 Å². The minimum atomic E-state index is -2.98. The summed E-state index contributed by atoms with van der Waals surface area (Å²) in [7, 11) is -2.98. The highest BCUT2D eigenvalue weighted by Crippen LogP contribution is 2.20. The van der Waals surface area contributed by atoms with E-state index in [4.69, 9.17) is 4.74 Å². The van der Waals surface area contributed by atoms with Gasteiger partial charge in [0.05, 0.1) is 13.2 Å². The molecule has 1 saturated heterocycles. The van der Waals surface area contributed by atoms with Gasteiger partial charge >= 0.3 is 0 Å². The van der Waals surface area contributed by atoms with Crippen LogP contribution in [0.5, 0.6) is 0 Å². The van der Waals surface area contributed by atoms with Gasteiger partial charge in [-0.2, -0.15) is 24.4 Å². The molecule has 17 heavy (non-hydrogen) atoms.